The molecule has 0 heterocycles. The summed E-state index contributed by atoms with van der Waals surface area (Å²) in [7, 11) is 0. The zero-order chi connectivity index (χ0) is 19.1. The summed E-state index contributed by atoms with van der Waals surface area (Å²) < 4.78 is 22.5. The third-order valence-electron chi connectivity index (χ3n) is 3.16. The van der Waals surface area contributed by atoms with Crippen molar-refractivity contribution in [2.75, 3.05) is 18.5 Å². The van der Waals surface area contributed by atoms with Crippen molar-refractivity contribution in [2.45, 2.75) is 6.92 Å². The largest absolute Gasteiger partial charge is 0.462 e. The Hall–Kier alpha value is -2.93. The van der Waals surface area contributed by atoms with Crippen molar-refractivity contribution >= 4 is 35.1 Å². The number of amides is 1. The highest BCUT2D eigenvalue weighted by atomic mass is 35.5. The van der Waals surface area contributed by atoms with Crippen molar-refractivity contribution in [3.8, 4) is 0 Å². The lowest BCUT2D eigenvalue weighted by Crippen LogP contribution is -2.21. The summed E-state index contributed by atoms with van der Waals surface area (Å²) in [5.41, 5.74) is 0.519. The molecule has 6 nitrogen and oxygen atoms in total. The van der Waals surface area contributed by atoms with Gasteiger partial charge in [0.15, 0.2) is 6.61 Å². The summed E-state index contributed by atoms with van der Waals surface area (Å²) in [6.45, 7) is 1.30. The normalized spacial score (nSPS) is 10.1. The van der Waals surface area contributed by atoms with Crippen LogP contribution in [0.5, 0.6) is 0 Å². The number of ether oxygens (including phenoxy) is 2. The van der Waals surface area contributed by atoms with E-state index in [9.17, 15) is 18.8 Å². The second kappa shape index (κ2) is 8.96. The maximum absolute atomic E-state index is 12.8. The van der Waals surface area contributed by atoms with Crippen LogP contribution in [-0.2, 0) is 14.3 Å². The summed E-state index contributed by atoms with van der Waals surface area (Å²) in [5.74, 6) is -2.48. The molecule has 0 fully saturated rings. The Kier molecular flexibility index (Phi) is 6.68. The summed E-state index contributed by atoms with van der Waals surface area (Å²) in [5, 5.41) is 2.66. The van der Waals surface area contributed by atoms with E-state index in [1.54, 1.807) is 6.92 Å². The van der Waals surface area contributed by atoms with Gasteiger partial charge in [0.2, 0.25) is 0 Å². The van der Waals surface area contributed by atoms with Gasteiger partial charge in [0, 0.05) is 5.69 Å². The van der Waals surface area contributed by atoms with Crippen LogP contribution in [0.2, 0.25) is 5.02 Å². The Morgan fingerprint density at radius 1 is 1.04 bits per heavy atom. The van der Waals surface area contributed by atoms with Gasteiger partial charge in [0.05, 0.1) is 22.8 Å². The Morgan fingerprint density at radius 2 is 1.73 bits per heavy atom. The minimum atomic E-state index is -0.761. The number of hydrogen-bond donors (Lipinski definition) is 1. The first-order valence-electron chi connectivity index (χ1n) is 7.60. The predicted octanol–water partition coefficient (Wildman–Crippen LogP) is 3.45. The van der Waals surface area contributed by atoms with E-state index < -0.39 is 30.3 Å². The highest BCUT2D eigenvalue weighted by Gasteiger charge is 2.14. The van der Waals surface area contributed by atoms with Gasteiger partial charge in [-0.15, -0.1) is 0 Å². The van der Waals surface area contributed by atoms with E-state index in [4.69, 9.17) is 21.1 Å². The van der Waals surface area contributed by atoms with E-state index in [0.29, 0.717) is 5.69 Å². The van der Waals surface area contributed by atoms with Crippen molar-refractivity contribution in [1.82, 2.24) is 0 Å². The Morgan fingerprint density at radius 3 is 2.38 bits per heavy atom. The fourth-order valence-electron chi connectivity index (χ4n) is 1.97. The van der Waals surface area contributed by atoms with Crippen LogP contribution in [0.25, 0.3) is 0 Å². The van der Waals surface area contributed by atoms with Crippen LogP contribution < -0.4 is 5.32 Å². The quantitative estimate of drug-likeness (QED) is 0.777. The Labute approximate surface area is 153 Å². The zero-order valence-electron chi connectivity index (χ0n) is 13.8. The van der Waals surface area contributed by atoms with E-state index in [-0.39, 0.29) is 22.8 Å². The summed E-state index contributed by atoms with van der Waals surface area (Å²) in [4.78, 5) is 35.5. The molecule has 0 saturated carbocycles. The average Bonchev–Trinajstić information content (AvgIpc) is 2.62. The van der Waals surface area contributed by atoms with Crippen molar-refractivity contribution in [3.63, 3.8) is 0 Å². The number of halogens is 2. The number of carbonyl (C=O) groups excluding carboxylic acids is 3. The minimum Gasteiger partial charge on any atom is -0.462 e. The number of rotatable bonds is 6. The number of anilines is 1. The predicted molar refractivity (Wildman–Crippen MR) is 92.7 cm³/mol. The van der Waals surface area contributed by atoms with Crippen molar-refractivity contribution in [2.24, 2.45) is 0 Å². The van der Waals surface area contributed by atoms with Crippen LogP contribution >= 0.6 is 11.6 Å². The van der Waals surface area contributed by atoms with Crippen LogP contribution in [0, 0.1) is 5.82 Å². The van der Waals surface area contributed by atoms with E-state index in [0.717, 1.165) is 12.1 Å². The van der Waals surface area contributed by atoms with Crippen molar-refractivity contribution < 1.29 is 28.2 Å². The van der Waals surface area contributed by atoms with E-state index in [1.165, 1.54) is 30.3 Å². The van der Waals surface area contributed by atoms with Gasteiger partial charge in [0.1, 0.15) is 5.82 Å². The number of benzene rings is 2. The highest BCUT2D eigenvalue weighted by Crippen LogP contribution is 2.21. The SMILES string of the molecule is CCOC(=O)c1cc(NC(=O)COC(=O)c2ccc(F)cc2)ccc1Cl. The number of hydrogen-bond acceptors (Lipinski definition) is 5. The first-order chi connectivity index (χ1) is 12.4. The van der Waals surface area contributed by atoms with Crippen LogP contribution in [0.1, 0.15) is 27.6 Å². The summed E-state index contributed by atoms with van der Waals surface area (Å²) >= 11 is 5.94. The molecule has 2 rings (SSSR count). The van der Waals surface area contributed by atoms with Gasteiger partial charge in [0.25, 0.3) is 5.91 Å². The summed E-state index contributed by atoms with van der Waals surface area (Å²) in [6, 6.07) is 9.02. The van der Waals surface area contributed by atoms with Gasteiger partial charge in [-0.25, -0.2) is 14.0 Å². The van der Waals surface area contributed by atoms with Crippen LogP contribution in [0.3, 0.4) is 0 Å². The molecule has 0 atom stereocenters. The molecule has 0 radical (unpaired) electrons. The zero-order valence-corrected chi connectivity index (χ0v) is 14.5. The first kappa shape index (κ1) is 19.4. The molecule has 0 aliphatic rings. The second-order valence-corrected chi connectivity index (χ2v) is 5.45. The number of carbonyl (C=O) groups is 3. The third kappa shape index (κ3) is 5.29. The van der Waals surface area contributed by atoms with Crippen molar-refractivity contribution in [3.05, 3.63) is 64.4 Å². The molecule has 26 heavy (non-hydrogen) atoms. The lowest BCUT2D eigenvalue weighted by atomic mass is 10.2. The molecule has 1 amide bonds. The molecule has 0 spiro atoms. The third-order valence-corrected chi connectivity index (χ3v) is 3.49. The smallest absolute Gasteiger partial charge is 0.339 e. The van der Waals surface area contributed by atoms with Gasteiger partial charge < -0.3 is 14.8 Å². The minimum absolute atomic E-state index is 0.106. The van der Waals surface area contributed by atoms with Gasteiger partial charge in [-0.3, -0.25) is 4.79 Å². The average molecular weight is 380 g/mol. The lowest BCUT2D eigenvalue weighted by molar-refractivity contribution is -0.119. The lowest BCUT2D eigenvalue weighted by Gasteiger charge is -2.09. The maximum atomic E-state index is 12.8. The van der Waals surface area contributed by atoms with E-state index in [2.05, 4.69) is 5.32 Å². The van der Waals surface area contributed by atoms with Gasteiger partial charge in [-0.2, -0.15) is 0 Å². The first-order valence-corrected chi connectivity index (χ1v) is 7.97. The van der Waals surface area contributed by atoms with Crippen molar-refractivity contribution in [1.29, 1.82) is 0 Å². The number of esters is 2. The monoisotopic (exact) mass is 379 g/mol. The highest BCUT2D eigenvalue weighted by molar-refractivity contribution is 6.33. The van der Waals surface area contributed by atoms with Gasteiger partial charge >= 0.3 is 11.9 Å². The van der Waals surface area contributed by atoms with Gasteiger partial charge in [-0.1, -0.05) is 11.6 Å². The molecule has 2 aromatic rings. The fourth-order valence-corrected chi connectivity index (χ4v) is 2.16. The van der Waals surface area contributed by atoms with E-state index >= 15 is 0 Å². The fraction of sp³-hybridized carbons (Fsp3) is 0.167. The topological polar surface area (TPSA) is 81.7 Å². The Bertz CT molecular complexity index is 823. The molecular weight excluding hydrogens is 365 g/mol. The van der Waals surface area contributed by atoms with Crippen LogP contribution in [0.4, 0.5) is 10.1 Å². The number of nitrogens with one attached hydrogen (secondary N) is 1. The molecule has 0 unspecified atom stereocenters. The summed E-state index contributed by atoms with van der Waals surface area (Å²) in [6.07, 6.45) is 0. The molecule has 0 aromatic heterocycles. The molecule has 2 aromatic carbocycles. The maximum Gasteiger partial charge on any atom is 0.339 e. The standard InChI is InChI=1S/C18H15ClFNO5/c1-2-25-18(24)14-9-13(7-8-15(14)19)21-16(22)10-26-17(23)11-3-5-12(20)6-4-11/h3-9H,2,10H2,1H3,(H,21,22). The van der Waals surface area contributed by atoms with Crippen LogP contribution in [-0.4, -0.2) is 31.1 Å². The molecule has 1 N–H and O–H groups in total. The molecule has 0 bridgehead atoms. The molecule has 0 saturated heterocycles. The molecule has 136 valence electrons. The molecule has 0 aliphatic heterocycles. The van der Waals surface area contributed by atoms with E-state index in [1.807, 2.05) is 0 Å². The molecule has 8 heteroatoms. The molecule has 0 aliphatic carbocycles. The Balaban J connectivity index is 1.95. The molecular formula is C18H15ClFNO5. The van der Waals surface area contributed by atoms with Crippen LogP contribution in [0.15, 0.2) is 42.5 Å². The van der Waals surface area contributed by atoms with Gasteiger partial charge in [-0.05, 0) is 49.4 Å². The second-order valence-electron chi connectivity index (χ2n) is 5.05.